The Morgan fingerprint density at radius 1 is 1.29 bits per heavy atom. The van der Waals surface area contributed by atoms with Crippen LogP contribution in [0.4, 0.5) is 5.69 Å². The largest absolute Gasteiger partial charge is 0.357 e. The number of hydrogen-bond donors (Lipinski definition) is 1. The summed E-state index contributed by atoms with van der Waals surface area (Å²) in [5, 5.41) is 7.50. The lowest BCUT2D eigenvalue weighted by Gasteiger charge is -2.35. The molecule has 2 heterocycles. The third-order valence-corrected chi connectivity index (χ3v) is 5.02. The zero-order valence-corrected chi connectivity index (χ0v) is 17.2. The first-order valence-corrected chi connectivity index (χ1v) is 9.86. The van der Waals surface area contributed by atoms with Gasteiger partial charge in [0.25, 0.3) is 0 Å². The Kier molecular flexibility index (Phi) is 6.34. The molecule has 1 fully saturated rings. The van der Waals surface area contributed by atoms with Gasteiger partial charge >= 0.3 is 0 Å². The highest BCUT2D eigenvalue weighted by molar-refractivity contribution is 5.98. The molecule has 1 atom stereocenters. The lowest BCUT2D eigenvalue weighted by molar-refractivity contribution is -0.120. The second kappa shape index (κ2) is 8.91. The summed E-state index contributed by atoms with van der Waals surface area (Å²) in [5.41, 5.74) is 3.39. The Bertz CT molecular complexity index is 826. The monoisotopic (exact) mass is 382 g/mol. The number of nitrogens with zero attached hydrogens (tertiary/aromatic N) is 5. The maximum Gasteiger partial charge on any atom is 0.246 e. The molecule has 1 aromatic carbocycles. The number of rotatable bonds is 5. The van der Waals surface area contributed by atoms with Crippen molar-refractivity contribution in [3.63, 3.8) is 0 Å². The van der Waals surface area contributed by atoms with Crippen LogP contribution in [0.5, 0.6) is 0 Å². The fourth-order valence-corrected chi connectivity index (χ4v) is 3.32. The number of nitrogens with one attached hydrogen (secondary N) is 1. The van der Waals surface area contributed by atoms with Crippen LogP contribution in [0.1, 0.15) is 30.9 Å². The summed E-state index contributed by atoms with van der Waals surface area (Å²) in [5.74, 6) is 1.19. The normalized spacial score (nSPS) is 16.4. The summed E-state index contributed by atoms with van der Waals surface area (Å²) in [6.45, 7) is 9.47. The van der Waals surface area contributed by atoms with Crippen LogP contribution in [-0.4, -0.2) is 59.3 Å². The predicted molar refractivity (Wildman–Crippen MR) is 113 cm³/mol. The zero-order valence-electron chi connectivity index (χ0n) is 17.2. The molecule has 150 valence electrons. The van der Waals surface area contributed by atoms with Crippen LogP contribution in [0.15, 0.2) is 41.7 Å². The third-order valence-electron chi connectivity index (χ3n) is 5.02. The number of anilines is 1. The number of carbonyl (C=O) groups excluding carboxylic acids is 1. The number of guanidine groups is 1. The number of hydrogen-bond acceptors (Lipinski definition) is 3. The van der Waals surface area contributed by atoms with Gasteiger partial charge in [0.2, 0.25) is 5.91 Å². The lowest BCUT2D eigenvalue weighted by atomic mass is 10.0. The molecule has 1 aliphatic rings. The molecule has 1 aliphatic heterocycles. The van der Waals surface area contributed by atoms with Gasteiger partial charge in [-0.1, -0.05) is 36.8 Å². The van der Waals surface area contributed by atoms with Gasteiger partial charge in [0.05, 0.1) is 11.9 Å². The molecule has 1 N–H and O–H groups in total. The van der Waals surface area contributed by atoms with E-state index in [-0.39, 0.29) is 5.91 Å². The molecule has 0 saturated carbocycles. The molecule has 1 amide bonds. The Morgan fingerprint density at radius 3 is 2.64 bits per heavy atom. The molecule has 0 spiro atoms. The number of piperazine rings is 1. The van der Waals surface area contributed by atoms with E-state index >= 15 is 0 Å². The summed E-state index contributed by atoms with van der Waals surface area (Å²) in [7, 11) is 1.86. The standard InChI is InChI=1S/C21H30N6O/c1-5-22-21(23-12-17(3)18-8-6-16(2)7-9-18)26-10-11-27(20(28)15-26)19-13-24-25(4)14-19/h6-9,13-14,17H,5,10-12,15H2,1-4H3,(H,22,23). The molecule has 3 rings (SSSR count). The number of aryl methyl sites for hydroxylation is 2. The van der Waals surface area contributed by atoms with E-state index in [4.69, 9.17) is 4.99 Å². The molecule has 0 aliphatic carbocycles. The van der Waals surface area contributed by atoms with Gasteiger partial charge in [0.15, 0.2) is 5.96 Å². The Morgan fingerprint density at radius 2 is 2.04 bits per heavy atom. The maximum absolute atomic E-state index is 12.7. The summed E-state index contributed by atoms with van der Waals surface area (Å²) in [6.07, 6.45) is 3.60. The van der Waals surface area contributed by atoms with Crippen molar-refractivity contribution in [1.29, 1.82) is 0 Å². The average Bonchev–Trinajstić information content (AvgIpc) is 3.11. The second-order valence-electron chi connectivity index (χ2n) is 7.35. The SMILES string of the molecule is CCNC(=NCC(C)c1ccc(C)cc1)N1CCN(c2cnn(C)c2)C(=O)C1. The van der Waals surface area contributed by atoms with Crippen molar-refractivity contribution in [2.45, 2.75) is 26.7 Å². The van der Waals surface area contributed by atoms with Gasteiger partial charge in [-0.3, -0.25) is 14.5 Å². The first-order chi connectivity index (χ1) is 13.5. The fraction of sp³-hybridized carbons (Fsp3) is 0.476. The highest BCUT2D eigenvalue weighted by Gasteiger charge is 2.27. The van der Waals surface area contributed by atoms with Gasteiger partial charge in [0.1, 0.15) is 6.54 Å². The van der Waals surface area contributed by atoms with Crippen molar-refractivity contribution in [3.8, 4) is 0 Å². The summed E-state index contributed by atoms with van der Waals surface area (Å²) >= 11 is 0. The van der Waals surface area contributed by atoms with Crippen molar-refractivity contribution in [2.24, 2.45) is 12.0 Å². The van der Waals surface area contributed by atoms with E-state index in [1.165, 1.54) is 11.1 Å². The van der Waals surface area contributed by atoms with Gasteiger partial charge in [-0.2, -0.15) is 5.10 Å². The molecule has 7 nitrogen and oxygen atoms in total. The lowest BCUT2D eigenvalue weighted by Crippen LogP contribution is -2.55. The molecule has 1 unspecified atom stereocenters. The van der Waals surface area contributed by atoms with Gasteiger partial charge in [-0.15, -0.1) is 0 Å². The van der Waals surface area contributed by atoms with E-state index in [2.05, 4.69) is 48.5 Å². The van der Waals surface area contributed by atoms with E-state index in [0.717, 1.165) is 24.7 Å². The summed E-state index contributed by atoms with van der Waals surface area (Å²) in [4.78, 5) is 21.3. The Balaban J connectivity index is 1.65. The first kappa shape index (κ1) is 19.9. The Hall–Kier alpha value is -2.83. The molecular weight excluding hydrogens is 352 g/mol. The van der Waals surface area contributed by atoms with Gasteiger partial charge in [-0.05, 0) is 19.4 Å². The first-order valence-electron chi connectivity index (χ1n) is 9.86. The molecule has 2 aromatic rings. The van der Waals surface area contributed by atoms with Crippen molar-refractivity contribution in [1.82, 2.24) is 20.0 Å². The van der Waals surface area contributed by atoms with Crippen molar-refractivity contribution < 1.29 is 4.79 Å². The molecule has 0 radical (unpaired) electrons. The van der Waals surface area contributed by atoms with E-state index in [0.29, 0.717) is 25.6 Å². The van der Waals surface area contributed by atoms with E-state index < -0.39 is 0 Å². The minimum Gasteiger partial charge on any atom is -0.357 e. The Labute approximate surface area is 167 Å². The number of carbonyl (C=O) groups is 1. The third kappa shape index (κ3) is 4.71. The highest BCUT2D eigenvalue weighted by atomic mass is 16.2. The van der Waals surface area contributed by atoms with Gasteiger partial charge < -0.3 is 15.1 Å². The van der Waals surface area contributed by atoms with Crippen molar-refractivity contribution in [3.05, 3.63) is 47.8 Å². The summed E-state index contributed by atoms with van der Waals surface area (Å²) in [6, 6.07) is 8.60. The molecule has 0 bridgehead atoms. The van der Waals surface area contributed by atoms with Gasteiger partial charge in [0, 0.05) is 45.3 Å². The van der Waals surface area contributed by atoms with Crippen molar-refractivity contribution in [2.75, 3.05) is 37.6 Å². The van der Waals surface area contributed by atoms with Crippen LogP contribution in [-0.2, 0) is 11.8 Å². The van der Waals surface area contributed by atoms with Crippen LogP contribution in [0.3, 0.4) is 0 Å². The smallest absolute Gasteiger partial charge is 0.246 e. The maximum atomic E-state index is 12.7. The fourth-order valence-electron chi connectivity index (χ4n) is 3.32. The quantitative estimate of drug-likeness (QED) is 0.636. The van der Waals surface area contributed by atoms with E-state index in [1.807, 2.05) is 25.1 Å². The topological polar surface area (TPSA) is 65.8 Å². The number of amides is 1. The highest BCUT2D eigenvalue weighted by Crippen LogP contribution is 2.18. The molecule has 1 aromatic heterocycles. The second-order valence-corrected chi connectivity index (χ2v) is 7.35. The minimum absolute atomic E-state index is 0.0661. The zero-order chi connectivity index (χ0) is 20.1. The van der Waals surface area contributed by atoms with Crippen LogP contribution >= 0.6 is 0 Å². The molecular formula is C21H30N6O. The van der Waals surface area contributed by atoms with Gasteiger partial charge in [-0.25, -0.2) is 0 Å². The van der Waals surface area contributed by atoms with Crippen LogP contribution < -0.4 is 10.2 Å². The molecule has 1 saturated heterocycles. The van der Waals surface area contributed by atoms with E-state index in [1.54, 1.807) is 15.8 Å². The molecule has 28 heavy (non-hydrogen) atoms. The average molecular weight is 383 g/mol. The number of benzene rings is 1. The van der Waals surface area contributed by atoms with Crippen LogP contribution in [0.25, 0.3) is 0 Å². The van der Waals surface area contributed by atoms with Crippen LogP contribution in [0.2, 0.25) is 0 Å². The predicted octanol–water partition coefficient (Wildman–Crippen LogP) is 2.15. The summed E-state index contributed by atoms with van der Waals surface area (Å²) < 4.78 is 1.72. The van der Waals surface area contributed by atoms with Crippen LogP contribution in [0, 0.1) is 6.92 Å². The number of aromatic nitrogens is 2. The minimum atomic E-state index is 0.0661. The number of aliphatic imine (C=N–C) groups is 1. The molecule has 7 heteroatoms. The van der Waals surface area contributed by atoms with E-state index in [9.17, 15) is 4.79 Å². The van der Waals surface area contributed by atoms with Crippen molar-refractivity contribution >= 4 is 17.6 Å².